The molecule has 10 nitrogen and oxygen atoms in total. The lowest BCUT2D eigenvalue weighted by Crippen LogP contribution is -2.37. The Morgan fingerprint density at radius 1 is 0.692 bits per heavy atom. The number of ether oxygens (including phenoxy) is 4. The summed E-state index contributed by atoms with van der Waals surface area (Å²) in [6, 6.07) is 9.99. The fourth-order valence-corrected chi connectivity index (χ4v) is 2.43. The number of rotatable bonds is 2. The van der Waals surface area contributed by atoms with Gasteiger partial charge in [0.1, 0.15) is 0 Å². The van der Waals surface area contributed by atoms with E-state index in [2.05, 4.69) is 9.98 Å². The van der Waals surface area contributed by atoms with Gasteiger partial charge in [-0.05, 0) is 24.3 Å². The fourth-order valence-electron chi connectivity index (χ4n) is 2.43. The molecule has 0 fully saturated rings. The third-order valence-electron chi connectivity index (χ3n) is 3.63. The normalized spacial score (nSPS) is 15.2. The Morgan fingerprint density at radius 2 is 1.12 bits per heavy atom. The first-order chi connectivity index (χ1) is 12.8. The maximum Gasteiger partial charge on any atom is 0.231 e. The van der Waals surface area contributed by atoms with Gasteiger partial charge >= 0.3 is 0 Å². The molecule has 10 heteroatoms. The van der Waals surface area contributed by atoms with Gasteiger partial charge in [-0.1, -0.05) is 0 Å². The summed E-state index contributed by atoms with van der Waals surface area (Å²) in [5, 5.41) is 18.8. The molecule has 0 saturated carbocycles. The second-order valence-corrected chi connectivity index (χ2v) is 5.22. The summed E-state index contributed by atoms with van der Waals surface area (Å²) in [5.41, 5.74) is 4.74. The number of hydrogen-bond donors (Lipinski definition) is 4. The van der Waals surface area contributed by atoms with Gasteiger partial charge in [0.05, 0.1) is 11.4 Å². The summed E-state index contributed by atoms with van der Waals surface area (Å²) in [7, 11) is 0. The topological polar surface area (TPSA) is 126 Å². The van der Waals surface area contributed by atoms with Crippen LogP contribution in [0.25, 0.3) is 0 Å². The van der Waals surface area contributed by atoms with Crippen molar-refractivity contribution in [2.24, 2.45) is 9.98 Å². The zero-order valence-corrected chi connectivity index (χ0v) is 13.3. The van der Waals surface area contributed by atoms with E-state index in [0.717, 1.165) is 0 Å². The van der Waals surface area contributed by atoms with Crippen molar-refractivity contribution in [2.75, 3.05) is 13.6 Å². The van der Waals surface area contributed by atoms with Crippen LogP contribution in [0.1, 0.15) is 0 Å². The Hall–Kier alpha value is -3.50. The van der Waals surface area contributed by atoms with Gasteiger partial charge in [-0.25, -0.2) is 20.9 Å². The summed E-state index contributed by atoms with van der Waals surface area (Å²) < 4.78 is 21.0. The van der Waals surface area contributed by atoms with Crippen molar-refractivity contribution in [2.45, 2.75) is 0 Å². The van der Waals surface area contributed by atoms with Gasteiger partial charge in [0.15, 0.2) is 34.7 Å². The molecule has 4 N–H and O–H groups in total. The van der Waals surface area contributed by atoms with Crippen LogP contribution in [0, 0.1) is 0 Å². The number of fused-ring (bicyclic) bond motifs is 2. The van der Waals surface area contributed by atoms with Gasteiger partial charge in [-0.3, -0.25) is 10.4 Å². The molecular formula is C16H14N4O6. The maximum absolute atomic E-state index is 9.40. The molecule has 0 aliphatic carbocycles. The monoisotopic (exact) mass is 358 g/mol. The lowest BCUT2D eigenvalue weighted by molar-refractivity contribution is 0.173. The highest BCUT2D eigenvalue weighted by Crippen LogP contribution is 2.36. The summed E-state index contributed by atoms with van der Waals surface area (Å²) in [6.07, 6.45) is 0. The van der Waals surface area contributed by atoms with Crippen LogP contribution >= 0.6 is 0 Å². The first-order valence-electron chi connectivity index (χ1n) is 7.54. The highest BCUT2D eigenvalue weighted by molar-refractivity contribution is 6.40. The summed E-state index contributed by atoms with van der Waals surface area (Å²) in [5.74, 6) is 2.08. The molecule has 0 aromatic heterocycles. The summed E-state index contributed by atoms with van der Waals surface area (Å²) in [4.78, 5) is 8.41. The Bertz CT molecular complexity index is 825. The van der Waals surface area contributed by atoms with Crippen LogP contribution in [-0.2, 0) is 0 Å². The third kappa shape index (κ3) is 3.06. The van der Waals surface area contributed by atoms with Crippen LogP contribution in [0.4, 0.5) is 11.4 Å². The summed E-state index contributed by atoms with van der Waals surface area (Å²) in [6.45, 7) is 0.283. The molecule has 0 bridgehead atoms. The third-order valence-corrected chi connectivity index (χ3v) is 3.63. The Balaban J connectivity index is 1.65. The minimum Gasteiger partial charge on any atom is -0.454 e. The molecule has 134 valence electrons. The average molecular weight is 358 g/mol. The van der Waals surface area contributed by atoms with Crippen LogP contribution in [0.3, 0.4) is 0 Å². The van der Waals surface area contributed by atoms with Crippen LogP contribution < -0.4 is 29.9 Å². The Labute approximate surface area is 147 Å². The van der Waals surface area contributed by atoms with E-state index in [1.807, 2.05) is 11.0 Å². The SMILES string of the molecule is ONC(=Nc1ccc2c(c1)OCO2)C(=Nc1ccc2c(c1)OCO2)NO. The van der Waals surface area contributed by atoms with Gasteiger partial charge in [0.25, 0.3) is 0 Å². The van der Waals surface area contributed by atoms with Crippen LogP contribution in [0.5, 0.6) is 23.0 Å². The van der Waals surface area contributed by atoms with E-state index in [9.17, 15) is 10.4 Å². The number of hydrogen-bond acceptors (Lipinski definition) is 8. The molecule has 0 saturated heterocycles. The average Bonchev–Trinajstić information content (AvgIpc) is 3.32. The molecule has 0 radical (unpaired) electrons. The molecule has 4 rings (SSSR count). The van der Waals surface area contributed by atoms with Crippen LogP contribution in [-0.4, -0.2) is 35.7 Å². The van der Waals surface area contributed by atoms with Gasteiger partial charge in [-0.2, -0.15) is 0 Å². The number of nitrogens with one attached hydrogen (secondary N) is 2. The van der Waals surface area contributed by atoms with E-state index in [-0.39, 0.29) is 25.3 Å². The van der Waals surface area contributed by atoms with Crippen LogP contribution in [0.15, 0.2) is 46.4 Å². The fraction of sp³-hybridized carbons (Fsp3) is 0.125. The van der Waals surface area contributed by atoms with Crippen molar-refractivity contribution >= 4 is 23.0 Å². The second kappa shape index (κ2) is 6.78. The van der Waals surface area contributed by atoms with Gasteiger partial charge < -0.3 is 18.9 Å². The smallest absolute Gasteiger partial charge is 0.231 e. The Kier molecular flexibility index (Phi) is 4.17. The van der Waals surface area contributed by atoms with E-state index in [1.165, 1.54) is 0 Å². The molecule has 0 atom stereocenters. The Morgan fingerprint density at radius 3 is 1.54 bits per heavy atom. The van der Waals surface area contributed by atoms with Crippen molar-refractivity contribution in [3.05, 3.63) is 36.4 Å². The number of aliphatic imine (C=N–C) groups is 2. The van der Waals surface area contributed by atoms with Crippen molar-refractivity contribution in [1.29, 1.82) is 0 Å². The van der Waals surface area contributed by atoms with E-state index >= 15 is 0 Å². The minimum atomic E-state index is -0.107. The number of amidine groups is 2. The highest BCUT2D eigenvalue weighted by Gasteiger charge is 2.16. The largest absolute Gasteiger partial charge is 0.454 e. The zero-order valence-electron chi connectivity index (χ0n) is 13.3. The second-order valence-electron chi connectivity index (χ2n) is 5.22. The van der Waals surface area contributed by atoms with Crippen molar-refractivity contribution in [3.63, 3.8) is 0 Å². The van der Waals surface area contributed by atoms with Gasteiger partial charge in [0, 0.05) is 12.1 Å². The summed E-state index contributed by atoms with van der Waals surface area (Å²) >= 11 is 0. The molecule has 2 heterocycles. The van der Waals surface area contributed by atoms with Crippen LogP contribution in [0.2, 0.25) is 0 Å². The molecule has 26 heavy (non-hydrogen) atoms. The molecule has 2 aliphatic rings. The molecule has 0 unspecified atom stereocenters. The minimum absolute atomic E-state index is 0.107. The van der Waals surface area contributed by atoms with Gasteiger partial charge in [0.2, 0.25) is 13.6 Å². The predicted octanol–water partition coefficient (Wildman–Crippen LogP) is 1.86. The lowest BCUT2D eigenvalue weighted by Gasteiger charge is -2.08. The molecular weight excluding hydrogens is 344 g/mol. The van der Waals surface area contributed by atoms with E-state index in [1.54, 1.807) is 36.4 Å². The molecule has 2 aliphatic heterocycles. The lowest BCUT2D eigenvalue weighted by atomic mass is 10.3. The van der Waals surface area contributed by atoms with E-state index in [0.29, 0.717) is 34.4 Å². The van der Waals surface area contributed by atoms with E-state index in [4.69, 9.17) is 18.9 Å². The van der Waals surface area contributed by atoms with Crippen molar-refractivity contribution in [3.8, 4) is 23.0 Å². The number of nitrogens with zero attached hydrogens (tertiary/aromatic N) is 2. The molecule has 0 amide bonds. The van der Waals surface area contributed by atoms with Crippen molar-refractivity contribution in [1.82, 2.24) is 11.0 Å². The predicted molar refractivity (Wildman–Crippen MR) is 89.2 cm³/mol. The maximum atomic E-state index is 9.40. The van der Waals surface area contributed by atoms with Crippen molar-refractivity contribution < 1.29 is 29.4 Å². The number of benzene rings is 2. The van der Waals surface area contributed by atoms with E-state index < -0.39 is 0 Å². The number of hydroxylamine groups is 2. The zero-order chi connectivity index (χ0) is 17.9. The van der Waals surface area contributed by atoms with Gasteiger partial charge in [-0.15, -0.1) is 0 Å². The molecule has 0 spiro atoms. The molecule has 2 aromatic rings. The first kappa shape index (κ1) is 16.0. The quantitative estimate of drug-likeness (QED) is 0.364. The molecule has 2 aromatic carbocycles. The standard InChI is InChI=1S/C16H14N4O6/c21-19-15(17-9-1-3-11-13(5-9)25-7-23-11)16(20-22)18-10-2-4-12-14(6-10)26-8-24-12/h1-6,21-22H,7-8H2,(H,17,19)(H,18,20). The highest BCUT2D eigenvalue weighted by atomic mass is 16.7. The first-order valence-corrected chi connectivity index (χ1v) is 7.54.